The highest BCUT2D eigenvalue weighted by molar-refractivity contribution is 8.14. The number of ether oxygens (including phenoxy) is 1. The summed E-state index contributed by atoms with van der Waals surface area (Å²) in [5, 5.41) is 3.14. The Morgan fingerprint density at radius 2 is 1.94 bits per heavy atom. The van der Waals surface area contributed by atoms with Crippen LogP contribution in [0.25, 0.3) is 0 Å². The van der Waals surface area contributed by atoms with E-state index < -0.39 is 11.9 Å². The van der Waals surface area contributed by atoms with E-state index in [2.05, 4.69) is 15.3 Å². The van der Waals surface area contributed by atoms with Crippen molar-refractivity contribution < 1.29 is 19.1 Å². The van der Waals surface area contributed by atoms with E-state index >= 15 is 0 Å². The number of thioether (sulfide) groups is 1. The van der Waals surface area contributed by atoms with Crippen molar-refractivity contribution in [2.75, 3.05) is 12.9 Å². The quantitative estimate of drug-likeness (QED) is 0.661. The van der Waals surface area contributed by atoms with Crippen LogP contribution in [0.4, 0.5) is 5.69 Å². The van der Waals surface area contributed by atoms with E-state index in [0.29, 0.717) is 28.0 Å². The number of carbonyl (C=O) groups excluding carboxylic acids is 3. The van der Waals surface area contributed by atoms with Crippen LogP contribution < -0.4 is 15.8 Å². The van der Waals surface area contributed by atoms with Crippen molar-refractivity contribution in [3.05, 3.63) is 59.7 Å². The third kappa shape index (κ3) is 4.35. The number of methoxy groups -OCH3 is 1. The summed E-state index contributed by atoms with van der Waals surface area (Å²) < 4.78 is 5.29. The van der Waals surface area contributed by atoms with Crippen LogP contribution in [0.1, 0.15) is 17.5 Å². The molecule has 0 aromatic heterocycles. The SMILES string of the molecule is COc1ccccc1CNC(=O)C[C@@H]1N=C2c3ccccc3N=C(SCC(N)=O)N2C1=O. The Kier molecular flexibility index (Phi) is 6.22. The molecule has 32 heavy (non-hydrogen) atoms. The number of benzene rings is 2. The minimum atomic E-state index is -0.881. The third-order valence-corrected chi connectivity index (χ3v) is 5.90. The van der Waals surface area contributed by atoms with Crippen LogP contribution in [0, 0.1) is 0 Å². The molecule has 1 atom stereocenters. The predicted molar refractivity (Wildman–Crippen MR) is 122 cm³/mol. The van der Waals surface area contributed by atoms with Crippen LogP contribution in [0.5, 0.6) is 5.75 Å². The summed E-state index contributed by atoms with van der Waals surface area (Å²) in [6, 6.07) is 13.8. The molecule has 3 amide bonds. The highest BCUT2D eigenvalue weighted by Gasteiger charge is 2.42. The fourth-order valence-corrected chi connectivity index (χ4v) is 4.20. The van der Waals surface area contributed by atoms with Gasteiger partial charge >= 0.3 is 0 Å². The minimum Gasteiger partial charge on any atom is -0.496 e. The molecule has 3 N–H and O–H groups in total. The maximum Gasteiger partial charge on any atom is 0.259 e. The second kappa shape index (κ2) is 9.23. The van der Waals surface area contributed by atoms with Gasteiger partial charge in [0.25, 0.3) is 5.91 Å². The number of para-hydroxylation sites is 2. The van der Waals surface area contributed by atoms with Gasteiger partial charge in [0.2, 0.25) is 11.8 Å². The Morgan fingerprint density at radius 3 is 2.72 bits per heavy atom. The first-order chi connectivity index (χ1) is 15.5. The number of carbonyl (C=O) groups is 3. The van der Waals surface area contributed by atoms with Crippen LogP contribution in [0.15, 0.2) is 58.5 Å². The summed E-state index contributed by atoms with van der Waals surface area (Å²) in [6.07, 6.45) is -0.107. The van der Waals surface area contributed by atoms with E-state index in [1.165, 1.54) is 4.90 Å². The molecule has 0 fully saturated rings. The first-order valence-electron chi connectivity index (χ1n) is 9.87. The highest BCUT2D eigenvalue weighted by Crippen LogP contribution is 2.34. The predicted octanol–water partition coefficient (Wildman–Crippen LogP) is 1.58. The van der Waals surface area contributed by atoms with Crippen LogP contribution >= 0.6 is 11.8 Å². The number of nitrogens with two attached hydrogens (primary N) is 1. The van der Waals surface area contributed by atoms with Crippen molar-refractivity contribution in [3.8, 4) is 5.75 Å². The summed E-state index contributed by atoms with van der Waals surface area (Å²) in [4.78, 5) is 47.4. The van der Waals surface area contributed by atoms with Crippen molar-refractivity contribution in [2.24, 2.45) is 15.7 Å². The van der Waals surface area contributed by atoms with Gasteiger partial charge < -0.3 is 15.8 Å². The fourth-order valence-electron chi connectivity index (χ4n) is 3.46. The fraction of sp³-hybridized carbons (Fsp3) is 0.227. The molecule has 0 bridgehead atoms. The van der Waals surface area contributed by atoms with Crippen molar-refractivity contribution in [3.63, 3.8) is 0 Å². The monoisotopic (exact) mass is 451 g/mol. The number of nitrogens with one attached hydrogen (secondary N) is 1. The second-order valence-electron chi connectivity index (χ2n) is 7.10. The molecule has 0 saturated carbocycles. The molecule has 2 aliphatic rings. The maximum atomic E-state index is 13.1. The Hall–Kier alpha value is -3.66. The van der Waals surface area contributed by atoms with Gasteiger partial charge in [-0.2, -0.15) is 0 Å². The molecule has 0 unspecified atom stereocenters. The van der Waals surface area contributed by atoms with Crippen LogP contribution in [-0.4, -0.2) is 52.5 Å². The number of hydrogen-bond acceptors (Lipinski definition) is 7. The first-order valence-corrected chi connectivity index (χ1v) is 10.9. The van der Waals surface area contributed by atoms with E-state index in [1.54, 1.807) is 13.2 Å². The lowest BCUT2D eigenvalue weighted by Crippen LogP contribution is -2.42. The van der Waals surface area contributed by atoms with E-state index in [4.69, 9.17) is 10.5 Å². The molecule has 4 rings (SSSR count). The van der Waals surface area contributed by atoms with Gasteiger partial charge in [-0.1, -0.05) is 42.1 Å². The van der Waals surface area contributed by atoms with Gasteiger partial charge in [-0.05, 0) is 18.2 Å². The number of amides is 3. The Bertz CT molecular complexity index is 1150. The standard InChI is InChI=1S/C22H21N5O4S/c1-31-17-9-5-2-6-13(17)11-24-19(29)10-16-21(30)27-20(25-16)14-7-3-4-8-15(14)26-22(27)32-12-18(23)28/h2-9,16H,10-12H2,1H3,(H2,23,28)(H,24,29)/t16-/m0/s1. The normalized spacial score (nSPS) is 16.6. The number of nitrogens with zero attached hydrogens (tertiary/aromatic N) is 3. The number of aliphatic imine (C=N–C) groups is 2. The molecule has 2 aromatic rings. The molecule has 2 aromatic carbocycles. The molecular weight excluding hydrogens is 430 g/mol. The van der Waals surface area contributed by atoms with Crippen molar-refractivity contribution in [1.29, 1.82) is 0 Å². The van der Waals surface area contributed by atoms with Gasteiger partial charge in [-0.25, -0.2) is 9.89 Å². The molecule has 0 radical (unpaired) electrons. The lowest BCUT2D eigenvalue weighted by molar-refractivity contribution is -0.128. The molecule has 10 heteroatoms. The number of rotatable bonds is 7. The zero-order valence-electron chi connectivity index (χ0n) is 17.3. The summed E-state index contributed by atoms with van der Waals surface area (Å²) in [5.74, 6) is -0.120. The molecule has 0 spiro atoms. The molecule has 164 valence electrons. The smallest absolute Gasteiger partial charge is 0.259 e. The number of fused-ring (bicyclic) bond motifs is 3. The maximum absolute atomic E-state index is 13.1. The van der Waals surface area contributed by atoms with Crippen molar-refractivity contribution in [2.45, 2.75) is 19.0 Å². The van der Waals surface area contributed by atoms with Crippen LogP contribution in [0.2, 0.25) is 0 Å². The van der Waals surface area contributed by atoms with Crippen LogP contribution in [0.3, 0.4) is 0 Å². The molecule has 0 saturated heterocycles. The van der Waals surface area contributed by atoms with E-state index in [-0.39, 0.29) is 30.5 Å². The zero-order chi connectivity index (χ0) is 22.7. The van der Waals surface area contributed by atoms with E-state index in [0.717, 1.165) is 17.3 Å². The Balaban J connectivity index is 1.50. The minimum absolute atomic E-state index is 0.0257. The number of amidine groups is 2. The molecule has 2 aliphatic heterocycles. The largest absolute Gasteiger partial charge is 0.496 e. The summed E-state index contributed by atoms with van der Waals surface area (Å²) in [7, 11) is 1.57. The average molecular weight is 452 g/mol. The average Bonchev–Trinajstić information content (AvgIpc) is 3.12. The van der Waals surface area contributed by atoms with Gasteiger partial charge in [0, 0.05) is 17.7 Å². The summed E-state index contributed by atoms with van der Waals surface area (Å²) in [5.41, 5.74) is 7.43. The first kappa shape index (κ1) is 21.6. The van der Waals surface area contributed by atoms with Crippen LogP contribution in [-0.2, 0) is 20.9 Å². The van der Waals surface area contributed by atoms with Gasteiger partial charge in [-0.15, -0.1) is 0 Å². The number of primary amides is 1. The van der Waals surface area contributed by atoms with Crippen molar-refractivity contribution >= 4 is 46.2 Å². The van der Waals surface area contributed by atoms with E-state index in [9.17, 15) is 14.4 Å². The van der Waals surface area contributed by atoms with Gasteiger partial charge in [0.1, 0.15) is 17.6 Å². The summed E-state index contributed by atoms with van der Waals surface area (Å²) in [6.45, 7) is 0.272. The molecular formula is C22H21N5O4S. The van der Waals surface area contributed by atoms with Crippen molar-refractivity contribution in [1.82, 2.24) is 10.2 Å². The van der Waals surface area contributed by atoms with Gasteiger partial charge in [0.15, 0.2) is 5.17 Å². The lowest BCUT2D eigenvalue weighted by atomic mass is 10.1. The molecule has 2 heterocycles. The third-order valence-electron chi connectivity index (χ3n) is 4.94. The summed E-state index contributed by atoms with van der Waals surface area (Å²) >= 11 is 1.07. The second-order valence-corrected chi connectivity index (χ2v) is 8.04. The molecule has 0 aliphatic carbocycles. The number of hydrogen-bond donors (Lipinski definition) is 2. The van der Waals surface area contributed by atoms with E-state index in [1.807, 2.05) is 42.5 Å². The topological polar surface area (TPSA) is 126 Å². The zero-order valence-corrected chi connectivity index (χ0v) is 18.1. The van der Waals surface area contributed by atoms with Gasteiger partial charge in [-0.3, -0.25) is 19.4 Å². The highest BCUT2D eigenvalue weighted by atomic mass is 32.2. The lowest BCUT2D eigenvalue weighted by Gasteiger charge is -2.25. The van der Waals surface area contributed by atoms with Gasteiger partial charge in [0.05, 0.1) is 25.0 Å². The Morgan fingerprint density at radius 1 is 1.19 bits per heavy atom. The molecule has 9 nitrogen and oxygen atoms in total. The Labute approximate surface area is 188 Å².